The van der Waals surface area contributed by atoms with Crippen LogP contribution in [0.1, 0.15) is 69.4 Å². The van der Waals surface area contributed by atoms with Crippen molar-refractivity contribution in [3.63, 3.8) is 0 Å². The maximum Gasteiger partial charge on any atom is 0.228 e. The molecule has 2 aromatic rings. The molecule has 1 aliphatic carbocycles. The third-order valence-electron chi connectivity index (χ3n) is 6.38. The Bertz CT molecular complexity index is 860. The van der Waals surface area contributed by atoms with Gasteiger partial charge in [-0.1, -0.05) is 76.1 Å². The van der Waals surface area contributed by atoms with E-state index in [4.69, 9.17) is 0 Å². The van der Waals surface area contributed by atoms with Gasteiger partial charge in [-0.25, -0.2) is 13.2 Å². The number of hydrogen-bond acceptors (Lipinski definition) is 1. The molecule has 0 spiro atoms. The van der Waals surface area contributed by atoms with E-state index in [-0.39, 0.29) is 11.8 Å². The normalized spacial score (nSPS) is 17.9. The van der Waals surface area contributed by atoms with Gasteiger partial charge >= 0.3 is 0 Å². The van der Waals surface area contributed by atoms with Crippen molar-refractivity contribution in [2.75, 3.05) is 5.32 Å². The molecule has 2 aromatic carbocycles. The van der Waals surface area contributed by atoms with Crippen molar-refractivity contribution >= 4 is 11.6 Å². The van der Waals surface area contributed by atoms with Gasteiger partial charge in [0, 0.05) is 18.1 Å². The van der Waals surface area contributed by atoms with Gasteiger partial charge in [0.2, 0.25) is 5.91 Å². The molecule has 2 atom stereocenters. The summed E-state index contributed by atoms with van der Waals surface area (Å²) in [5.41, 5.74) is 1.79. The third-order valence-corrected chi connectivity index (χ3v) is 6.38. The zero-order chi connectivity index (χ0) is 22.2. The molecule has 1 aliphatic rings. The predicted molar refractivity (Wildman–Crippen MR) is 118 cm³/mol. The number of unbranched alkanes of at least 4 members (excludes halogenated alkanes) is 6. The average Bonchev–Trinajstić information content (AvgIpc) is 2.75. The van der Waals surface area contributed by atoms with E-state index >= 15 is 0 Å². The van der Waals surface area contributed by atoms with Gasteiger partial charge in [0.15, 0.2) is 11.6 Å². The summed E-state index contributed by atoms with van der Waals surface area (Å²) in [7, 11) is 0. The van der Waals surface area contributed by atoms with Crippen LogP contribution in [0, 0.1) is 29.3 Å². The first-order valence-corrected chi connectivity index (χ1v) is 11.5. The van der Waals surface area contributed by atoms with E-state index in [1.807, 2.05) is 18.2 Å². The van der Waals surface area contributed by atoms with E-state index in [0.29, 0.717) is 18.6 Å². The lowest BCUT2D eigenvalue weighted by molar-refractivity contribution is -0.121. The Balaban J connectivity index is 1.67. The van der Waals surface area contributed by atoms with E-state index in [9.17, 15) is 18.0 Å². The number of rotatable bonds is 10. The van der Waals surface area contributed by atoms with Crippen LogP contribution in [-0.2, 0) is 17.6 Å². The van der Waals surface area contributed by atoms with Crippen LogP contribution < -0.4 is 5.32 Å². The second-order valence-corrected chi connectivity index (χ2v) is 8.69. The molecule has 0 unspecified atom stereocenters. The fourth-order valence-electron chi connectivity index (χ4n) is 4.64. The molecule has 0 aromatic heterocycles. The zero-order valence-corrected chi connectivity index (χ0v) is 18.2. The average molecular weight is 432 g/mol. The number of hydrogen-bond donors (Lipinski definition) is 1. The molecule has 31 heavy (non-hydrogen) atoms. The van der Waals surface area contributed by atoms with Crippen LogP contribution in [0.2, 0.25) is 0 Å². The fourth-order valence-corrected chi connectivity index (χ4v) is 4.64. The topological polar surface area (TPSA) is 29.1 Å². The molecule has 2 nitrogen and oxygen atoms in total. The molecule has 0 heterocycles. The highest BCUT2D eigenvalue weighted by molar-refractivity contribution is 5.93. The van der Waals surface area contributed by atoms with Gasteiger partial charge in [0.25, 0.3) is 0 Å². The van der Waals surface area contributed by atoms with E-state index in [1.54, 1.807) is 0 Å². The second kappa shape index (κ2) is 11.4. The van der Waals surface area contributed by atoms with Gasteiger partial charge in [-0.3, -0.25) is 4.79 Å². The first-order chi connectivity index (χ1) is 15.0. The Hall–Kier alpha value is -2.30. The largest absolute Gasteiger partial charge is 0.321 e. The number of nitrogens with one attached hydrogen (secondary N) is 1. The summed E-state index contributed by atoms with van der Waals surface area (Å²) in [4.78, 5) is 13.0. The summed E-state index contributed by atoms with van der Waals surface area (Å²) < 4.78 is 41.3. The number of carbonyl (C=O) groups is 1. The Morgan fingerprint density at radius 2 is 1.48 bits per heavy atom. The number of amides is 1. The Kier molecular flexibility index (Phi) is 8.56. The molecule has 1 N–H and O–H groups in total. The molecular weight excluding hydrogens is 399 g/mol. The van der Waals surface area contributed by atoms with E-state index in [0.717, 1.165) is 31.2 Å². The SMILES string of the molecule is CCCCCCCCC[C@H]1Cc2ccccc2C[C@@H]1C(=O)Nc1c(F)cc(F)cc1F. The van der Waals surface area contributed by atoms with Gasteiger partial charge in [-0.05, 0) is 36.3 Å². The van der Waals surface area contributed by atoms with Crippen LogP contribution >= 0.6 is 0 Å². The number of benzene rings is 2. The summed E-state index contributed by atoms with van der Waals surface area (Å²) >= 11 is 0. The van der Waals surface area contributed by atoms with E-state index < -0.39 is 29.0 Å². The van der Waals surface area contributed by atoms with Crippen LogP contribution in [0.3, 0.4) is 0 Å². The molecule has 0 radical (unpaired) electrons. The Morgan fingerprint density at radius 3 is 2.13 bits per heavy atom. The van der Waals surface area contributed by atoms with Crippen molar-refractivity contribution < 1.29 is 18.0 Å². The molecule has 3 rings (SSSR count). The van der Waals surface area contributed by atoms with Gasteiger partial charge in [0.1, 0.15) is 11.5 Å². The van der Waals surface area contributed by atoms with Crippen molar-refractivity contribution in [1.82, 2.24) is 0 Å². The molecule has 1 amide bonds. The van der Waals surface area contributed by atoms with Crippen molar-refractivity contribution in [3.8, 4) is 0 Å². The highest BCUT2D eigenvalue weighted by Gasteiger charge is 2.33. The van der Waals surface area contributed by atoms with Crippen molar-refractivity contribution in [2.45, 2.75) is 71.1 Å². The minimum absolute atomic E-state index is 0.122. The summed E-state index contributed by atoms with van der Waals surface area (Å²) in [6.45, 7) is 2.20. The molecule has 0 fully saturated rings. The molecular formula is C26H32F3NO. The molecule has 168 valence electrons. The van der Waals surface area contributed by atoms with Gasteiger partial charge in [0.05, 0.1) is 0 Å². The second-order valence-electron chi connectivity index (χ2n) is 8.69. The van der Waals surface area contributed by atoms with Gasteiger partial charge < -0.3 is 5.32 Å². The van der Waals surface area contributed by atoms with Crippen LogP contribution in [0.5, 0.6) is 0 Å². The monoisotopic (exact) mass is 431 g/mol. The standard InChI is InChI=1S/C26H32F3NO/c1-2-3-4-5-6-7-8-13-20-14-18-11-9-10-12-19(18)15-22(20)26(31)30-25-23(28)16-21(27)17-24(25)29/h9-12,16-17,20,22H,2-8,13-15H2,1H3,(H,30,31)/t20-,22-/m0/s1. The minimum atomic E-state index is -1.09. The lowest BCUT2D eigenvalue weighted by Gasteiger charge is -2.32. The number of carbonyl (C=O) groups excluding carboxylic acids is 1. The van der Waals surface area contributed by atoms with Gasteiger partial charge in [-0.2, -0.15) is 0 Å². The van der Waals surface area contributed by atoms with Crippen LogP contribution in [0.25, 0.3) is 0 Å². The van der Waals surface area contributed by atoms with Gasteiger partial charge in [-0.15, -0.1) is 0 Å². The lowest BCUT2D eigenvalue weighted by Crippen LogP contribution is -2.36. The number of fused-ring (bicyclic) bond motifs is 1. The van der Waals surface area contributed by atoms with Crippen LogP contribution in [0.4, 0.5) is 18.9 Å². The van der Waals surface area contributed by atoms with E-state index in [2.05, 4.69) is 18.3 Å². The molecule has 0 saturated carbocycles. The quantitative estimate of drug-likeness (QED) is 0.396. The molecule has 5 heteroatoms. The summed E-state index contributed by atoms with van der Waals surface area (Å²) in [5.74, 6) is -3.82. The molecule has 0 saturated heterocycles. The van der Waals surface area contributed by atoms with Crippen molar-refractivity contribution in [2.24, 2.45) is 11.8 Å². The van der Waals surface area contributed by atoms with Crippen molar-refractivity contribution in [3.05, 3.63) is 65.0 Å². The highest BCUT2D eigenvalue weighted by atomic mass is 19.1. The molecule has 0 aliphatic heterocycles. The Labute approximate surface area is 183 Å². The lowest BCUT2D eigenvalue weighted by atomic mass is 9.73. The summed E-state index contributed by atoms with van der Waals surface area (Å²) in [6, 6.07) is 9.24. The first kappa shape index (κ1) is 23.4. The Morgan fingerprint density at radius 1 is 0.903 bits per heavy atom. The van der Waals surface area contributed by atoms with Crippen molar-refractivity contribution in [1.29, 1.82) is 0 Å². The first-order valence-electron chi connectivity index (χ1n) is 11.5. The smallest absolute Gasteiger partial charge is 0.228 e. The minimum Gasteiger partial charge on any atom is -0.321 e. The zero-order valence-electron chi connectivity index (χ0n) is 18.2. The number of anilines is 1. The van der Waals surface area contributed by atoms with E-state index in [1.165, 1.54) is 37.7 Å². The maximum absolute atomic E-state index is 14.1. The van der Waals surface area contributed by atoms with Crippen LogP contribution in [-0.4, -0.2) is 5.91 Å². The maximum atomic E-state index is 14.1. The summed E-state index contributed by atoms with van der Waals surface area (Å²) in [5, 5.41) is 2.41. The predicted octanol–water partition coefficient (Wildman–Crippen LogP) is 7.21. The highest BCUT2D eigenvalue weighted by Crippen LogP contribution is 2.35. The molecule has 0 bridgehead atoms. The third kappa shape index (κ3) is 6.34. The fraction of sp³-hybridized carbons (Fsp3) is 0.500. The number of halogens is 3. The van der Waals surface area contributed by atoms with Crippen LogP contribution in [0.15, 0.2) is 36.4 Å². The summed E-state index contributed by atoms with van der Waals surface area (Å²) in [6.07, 6.45) is 10.7.